The van der Waals surface area contributed by atoms with E-state index in [1.807, 2.05) is 30.3 Å². The van der Waals surface area contributed by atoms with Crippen LogP contribution in [0.3, 0.4) is 0 Å². The minimum atomic E-state index is -2.60. The van der Waals surface area contributed by atoms with Crippen molar-refractivity contribution in [1.29, 1.82) is 0 Å². The molecule has 5 atom stereocenters. The van der Waals surface area contributed by atoms with Crippen molar-refractivity contribution in [2.24, 2.45) is 17.6 Å². The van der Waals surface area contributed by atoms with Crippen molar-refractivity contribution in [3.05, 3.63) is 53.6 Å². The second-order valence-corrected chi connectivity index (χ2v) is 12.8. The van der Waals surface area contributed by atoms with Crippen LogP contribution in [0.2, 0.25) is 0 Å². The van der Waals surface area contributed by atoms with Crippen LogP contribution in [-0.2, 0) is 25.6 Å². The number of amides is 1. The Hall–Kier alpha value is -2.66. The number of nitrogens with zero attached hydrogens (tertiary/aromatic N) is 3. The molecule has 9 nitrogen and oxygen atoms in total. The average molecular weight is 546 g/mol. The lowest BCUT2D eigenvalue weighted by atomic mass is 9.99. The van der Waals surface area contributed by atoms with E-state index < -0.39 is 15.7 Å². The first-order valence-corrected chi connectivity index (χ1v) is 15.0. The predicted octanol–water partition coefficient (Wildman–Crippen LogP) is 2.20. The molecule has 210 valence electrons. The van der Waals surface area contributed by atoms with Gasteiger partial charge in [0.1, 0.15) is 11.6 Å². The summed E-state index contributed by atoms with van der Waals surface area (Å²) >= 11 is 0. The Morgan fingerprint density at radius 2 is 1.89 bits per heavy atom. The van der Waals surface area contributed by atoms with Gasteiger partial charge in [-0.2, -0.15) is 0 Å². The van der Waals surface area contributed by atoms with E-state index in [2.05, 4.69) is 23.0 Å². The van der Waals surface area contributed by atoms with Crippen LogP contribution in [0.1, 0.15) is 29.3 Å². The number of anilines is 2. The van der Waals surface area contributed by atoms with Crippen LogP contribution < -0.4 is 20.3 Å². The fourth-order valence-electron chi connectivity index (χ4n) is 4.33. The maximum absolute atomic E-state index is 13.7. The van der Waals surface area contributed by atoms with Crippen LogP contribution in [-0.4, -0.2) is 86.9 Å². The molecule has 1 aliphatic rings. The Morgan fingerprint density at radius 1 is 1.24 bits per heavy atom. The number of rotatable bonds is 15. The van der Waals surface area contributed by atoms with Crippen molar-refractivity contribution in [3.8, 4) is 0 Å². The zero-order valence-electron chi connectivity index (χ0n) is 23.3. The molecule has 1 fully saturated rings. The first kappa shape index (κ1) is 29.9. The number of benzene rings is 1. The number of hydrogen-bond donors (Lipinski definition) is 2. The lowest BCUT2D eigenvalue weighted by Crippen LogP contribution is -2.51. The molecule has 0 radical (unpaired) electrons. The highest BCUT2D eigenvalue weighted by molar-refractivity contribution is 8.00. The van der Waals surface area contributed by atoms with Gasteiger partial charge in [-0.05, 0) is 48.2 Å². The monoisotopic (exact) mass is 545 g/mol. The predicted molar refractivity (Wildman–Crippen MR) is 156 cm³/mol. The molecule has 10 heteroatoms. The quantitative estimate of drug-likeness (QED) is 0.330. The number of methoxy groups -OCH3 is 2. The summed E-state index contributed by atoms with van der Waals surface area (Å²) in [5.74, 6) is 5.80. The summed E-state index contributed by atoms with van der Waals surface area (Å²) in [7, 11) is 2.33. The fraction of sp³-hybridized carbons (Fsp3) is 0.536. The normalized spacial score (nSPS) is 19.7. The fourth-order valence-corrected chi connectivity index (χ4v) is 4.82. The van der Waals surface area contributed by atoms with Crippen molar-refractivity contribution in [1.82, 2.24) is 10.3 Å². The van der Waals surface area contributed by atoms with Crippen LogP contribution in [0.5, 0.6) is 0 Å². The zero-order valence-corrected chi connectivity index (χ0v) is 24.1. The van der Waals surface area contributed by atoms with Gasteiger partial charge in [-0.1, -0.05) is 37.3 Å². The second kappa shape index (κ2) is 13.4. The Kier molecular flexibility index (Phi) is 10.6. The molecule has 0 aliphatic heterocycles. The number of nitrogens with one attached hydrogen (secondary N) is 1. The molecule has 4 unspecified atom stereocenters. The van der Waals surface area contributed by atoms with Crippen molar-refractivity contribution in [2.75, 3.05) is 63.0 Å². The molecule has 3 N–H and O–H groups in total. The van der Waals surface area contributed by atoms with Crippen molar-refractivity contribution in [2.45, 2.75) is 31.8 Å². The third-order valence-electron chi connectivity index (χ3n) is 7.07. The molecular weight excluding hydrogens is 502 g/mol. The Balaban J connectivity index is 1.96. The smallest absolute Gasteiger partial charge is 0.251 e. The van der Waals surface area contributed by atoms with Crippen molar-refractivity contribution in [3.63, 3.8) is 0 Å². The van der Waals surface area contributed by atoms with Gasteiger partial charge in [-0.15, -0.1) is 0 Å². The van der Waals surface area contributed by atoms with Gasteiger partial charge < -0.3 is 25.4 Å². The first-order chi connectivity index (χ1) is 18.0. The lowest BCUT2D eigenvalue weighted by molar-refractivity contribution is 0.0913. The highest BCUT2D eigenvalue weighted by Gasteiger charge is 2.34. The summed E-state index contributed by atoms with van der Waals surface area (Å²) in [6.45, 7) is 4.50. The summed E-state index contributed by atoms with van der Waals surface area (Å²) in [4.78, 5) is 20.6. The maximum Gasteiger partial charge on any atom is 0.251 e. The molecule has 1 aromatic heterocycles. The summed E-state index contributed by atoms with van der Waals surface area (Å²) in [5.41, 5.74) is 7.89. The number of nitrogens with two attached hydrogens (primary N) is 1. The minimum Gasteiger partial charge on any atom is -0.383 e. The van der Waals surface area contributed by atoms with Gasteiger partial charge in [0.25, 0.3) is 5.91 Å². The average Bonchev–Trinajstić information content (AvgIpc) is 3.59. The van der Waals surface area contributed by atoms with E-state index in [1.165, 1.54) is 4.31 Å². The van der Waals surface area contributed by atoms with Gasteiger partial charge >= 0.3 is 0 Å². The molecule has 0 bridgehead atoms. The van der Waals surface area contributed by atoms with E-state index in [0.29, 0.717) is 55.2 Å². The second-order valence-electron chi connectivity index (χ2n) is 10.3. The molecule has 1 amide bonds. The maximum atomic E-state index is 13.7. The molecule has 1 aromatic carbocycles. The van der Waals surface area contributed by atoms with Gasteiger partial charge in [-0.25, -0.2) is 9.19 Å². The minimum absolute atomic E-state index is 0.283. The topological polar surface area (TPSA) is 110 Å². The van der Waals surface area contributed by atoms with E-state index in [-0.39, 0.29) is 11.9 Å². The number of carbonyl (C=O) groups is 1. The summed E-state index contributed by atoms with van der Waals surface area (Å²) in [6, 6.07) is 12.6. The van der Waals surface area contributed by atoms with Crippen LogP contribution in [0.4, 0.5) is 11.6 Å². The van der Waals surface area contributed by atoms with E-state index in [4.69, 9.17) is 20.2 Å². The third-order valence-corrected chi connectivity index (χ3v) is 8.42. The van der Waals surface area contributed by atoms with E-state index in [1.54, 1.807) is 39.7 Å². The molecule has 1 heterocycles. The molecule has 38 heavy (non-hydrogen) atoms. The van der Waals surface area contributed by atoms with E-state index >= 15 is 0 Å². The Morgan fingerprint density at radius 3 is 2.47 bits per heavy atom. The third kappa shape index (κ3) is 8.42. The number of aromatic nitrogens is 1. The van der Waals surface area contributed by atoms with Crippen molar-refractivity contribution < 1.29 is 18.5 Å². The van der Waals surface area contributed by atoms with Gasteiger partial charge in [0.05, 0.1) is 19.3 Å². The molecule has 3 rings (SSSR count). The number of pyridine rings is 1. The molecule has 0 spiro atoms. The highest BCUT2D eigenvalue weighted by atomic mass is 32.2. The first-order valence-electron chi connectivity index (χ1n) is 12.9. The summed E-state index contributed by atoms with van der Waals surface area (Å²) in [5, 5.41) is 3.12. The van der Waals surface area contributed by atoms with Gasteiger partial charge in [-0.3, -0.25) is 9.10 Å². The van der Waals surface area contributed by atoms with Crippen LogP contribution in [0.15, 0.2) is 42.5 Å². The molecular formula is C28H43N5O4S. The summed E-state index contributed by atoms with van der Waals surface area (Å²) in [6.07, 6.45) is 3.27. The van der Waals surface area contributed by atoms with Gasteiger partial charge in [0, 0.05) is 61.9 Å². The SMILES string of the molecule is C=S(C)(=O)N(C)c1cc(C(=O)N[C@@H](Cc2ccccc2)C(N)COC)cc(N(CCOC)CC2CC2C)n1. The van der Waals surface area contributed by atoms with Gasteiger partial charge in [0.15, 0.2) is 0 Å². The van der Waals surface area contributed by atoms with Crippen LogP contribution in [0.25, 0.3) is 0 Å². The zero-order chi connectivity index (χ0) is 27.9. The standard InChI is InChI=1S/C28H43N5O4S/c1-20-14-23(20)18-33(12-13-36-3)27-17-22(16-26(31-27)32(2)38(5,6)35)28(34)30-25(24(29)19-37-4)15-21-10-8-7-9-11-21/h7-11,16-17,20,23-25H,5,12-15,18-19,29H2,1-4,6H3,(H,30,34)/t20?,23?,24?,25-,38?/m0/s1. The molecule has 1 saturated carbocycles. The largest absolute Gasteiger partial charge is 0.383 e. The molecule has 1 aliphatic carbocycles. The molecule has 0 saturated heterocycles. The number of ether oxygens (including phenoxy) is 2. The molecule has 2 aromatic rings. The Bertz CT molecular complexity index is 1160. The lowest BCUT2D eigenvalue weighted by Gasteiger charge is -2.28. The van der Waals surface area contributed by atoms with Crippen molar-refractivity contribution >= 4 is 33.1 Å². The van der Waals surface area contributed by atoms with Crippen LogP contribution >= 0.6 is 0 Å². The van der Waals surface area contributed by atoms with Gasteiger partial charge in [0.2, 0.25) is 0 Å². The number of hydrogen-bond acceptors (Lipinski definition) is 7. The van der Waals surface area contributed by atoms with E-state index in [0.717, 1.165) is 18.5 Å². The van der Waals surface area contributed by atoms with E-state index in [9.17, 15) is 9.00 Å². The number of carbonyl (C=O) groups excluding carboxylic acids is 1. The van der Waals surface area contributed by atoms with Crippen LogP contribution in [0, 0.1) is 11.8 Å². The Labute approximate surface area is 227 Å². The summed E-state index contributed by atoms with van der Waals surface area (Å²) < 4.78 is 25.0. The highest BCUT2D eigenvalue weighted by Crippen LogP contribution is 2.39.